The summed E-state index contributed by atoms with van der Waals surface area (Å²) >= 11 is 3.35. The van der Waals surface area contributed by atoms with Crippen molar-refractivity contribution in [3.05, 3.63) is 78.1 Å². The first-order valence-electron chi connectivity index (χ1n) is 9.68. The number of hydrogen-bond acceptors (Lipinski definition) is 4. The van der Waals surface area contributed by atoms with Gasteiger partial charge in [0.25, 0.3) is 0 Å². The monoisotopic (exact) mass is 487 g/mol. The predicted molar refractivity (Wildman–Crippen MR) is 122 cm³/mol. The Bertz CT molecular complexity index is 1030. The van der Waals surface area contributed by atoms with Crippen molar-refractivity contribution >= 4 is 27.5 Å². The second-order valence-electron chi connectivity index (χ2n) is 6.64. The van der Waals surface area contributed by atoms with Gasteiger partial charge in [-0.1, -0.05) is 34.1 Å². The number of methoxy groups -OCH3 is 1. The number of benzene rings is 3. The molecule has 31 heavy (non-hydrogen) atoms. The van der Waals surface area contributed by atoms with Gasteiger partial charge in [0, 0.05) is 23.9 Å². The minimum Gasteiger partial charge on any atom is -0.497 e. The number of rotatable bonds is 9. The molecular weight excluding hydrogens is 465 g/mol. The molecule has 0 N–H and O–H groups in total. The van der Waals surface area contributed by atoms with E-state index < -0.39 is 5.82 Å². The van der Waals surface area contributed by atoms with E-state index >= 15 is 0 Å². The zero-order valence-corrected chi connectivity index (χ0v) is 18.9. The lowest BCUT2D eigenvalue weighted by Crippen LogP contribution is -2.28. The molecule has 0 radical (unpaired) electrons. The van der Waals surface area contributed by atoms with Crippen LogP contribution >= 0.6 is 15.9 Å². The molecule has 0 aliphatic heterocycles. The molecule has 1 amide bonds. The molecule has 0 spiro atoms. The maximum Gasteiger partial charge on any atom is 0.224 e. The van der Waals surface area contributed by atoms with E-state index in [1.807, 2.05) is 18.2 Å². The van der Waals surface area contributed by atoms with Crippen molar-refractivity contribution in [2.24, 2.45) is 0 Å². The van der Waals surface area contributed by atoms with Gasteiger partial charge in [0.05, 0.1) is 25.9 Å². The molecule has 0 aliphatic carbocycles. The standard InChI is InChI=1S/C24H23BrFNO4/c1-17(28)27(16-18-14-21(29-2)9-11-23(18)30-13-12-25)22-15-19(26)8-10-24(22)31-20-6-4-3-5-7-20/h3-11,14-15H,12-13,16H2,1-2H3. The molecule has 3 aromatic rings. The summed E-state index contributed by atoms with van der Waals surface area (Å²) in [6.45, 7) is 2.04. The molecule has 0 atom stereocenters. The molecule has 7 heteroatoms. The van der Waals surface area contributed by atoms with E-state index in [0.717, 1.165) is 5.56 Å². The van der Waals surface area contributed by atoms with Crippen LogP contribution < -0.4 is 19.1 Å². The van der Waals surface area contributed by atoms with E-state index in [1.165, 1.54) is 30.0 Å². The number of ether oxygens (including phenoxy) is 3. The predicted octanol–water partition coefficient (Wildman–Crippen LogP) is 5.95. The first kappa shape index (κ1) is 22.6. The number of halogens is 2. The minimum absolute atomic E-state index is 0.152. The Labute approximate surface area is 189 Å². The van der Waals surface area contributed by atoms with Crippen molar-refractivity contribution in [1.82, 2.24) is 0 Å². The largest absolute Gasteiger partial charge is 0.497 e. The van der Waals surface area contributed by atoms with Crippen LogP contribution in [0.4, 0.5) is 10.1 Å². The van der Waals surface area contributed by atoms with Crippen LogP contribution in [-0.2, 0) is 11.3 Å². The first-order valence-corrected chi connectivity index (χ1v) is 10.8. The molecule has 3 aromatic carbocycles. The second kappa shape index (κ2) is 10.8. The number of anilines is 1. The zero-order valence-electron chi connectivity index (χ0n) is 17.3. The van der Waals surface area contributed by atoms with Crippen molar-refractivity contribution in [2.45, 2.75) is 13.5 Å². The van der Waals surface area contributed by atoms with E-state index in [4.69, 9.17) is 14.2 Å². The third-order valence-electron chi connectivity index (χ3n) is 4.49. The number of carbonyl (C=O) groups excluding carboxylic acids is 1. The smallest absolute Gasteiger partial charge is 0.224 e. The van der Waals surface area contributed by atoms with E-state index in [1.54, 1.807) is 37.4 Å². The van der Waals surface area contributed by atoms with Gasteiger partial charge in [0.2, 0.25) is 5.91 Å². The van der Waals surface area contributed by atoms with Gasteiger partial charge in [-0.05, 0) is 42.5 Å². The van der Waals surface area contributed by atoms with Crippen LogP contribution in [0, 0.1) is 5.82 Å². The van der Waals surface area contributed by atoms with Gasteiger partial charge in [-0.3, -0.25) is 4.79 Å². The lowest BCUT2D eigenvalue weighted by Gasteiger charge is -2.25. The fourth-order valence-electron chi connectivity index (χ4n) is 3.04. The summed E-state index contributed by atoms with van der Waals surface area (Å²) in [5.74, 6) is 1.47. The van der Waals surface area contributed by atoms with E-state index in [9.17, 15) is 9.18 Å². The molecule has 0 aromatic heterocycles. The normalized spacial score (nSPS) is 10.5. The van der Waals surface area contributed by atoms with E-state index in [2.05, 4.69) is 15.9 Å². The Morgan fingerprint density at radius 2 is 1.74 bits per heavy atom. The Balaban J connectivity index is 2.00. The second-order valence-corrected chi connectivity index (χ2v) is 7.44. The molecule has 0 unspecified atom stereocenters. The van der Waals surface area contributed by atoms with Crippen molar-refractivity contribution in [1.29, 1.82) is 0 Å². The van der Waals surface area contributed by atoms with Crippen molar-refractivity contribution in [2.75, 3.05) is 23.9 Å². The number of amides is 1. The zero-order chi connectivity index (χ0) is 22.2. The average Bonchev–Trinajstić information content (AvgIpc) is 2.78. The summed E-state index contributed by atoms with van der Waals surface area (Å²) in [6, 6.07) is 18.6. The molecule has 0 saturated carbocycles. The molecule has 3 rings (SSSR count). The highest BCUT2D eigenvalue weighted by molar-refractivity contribution is 9.09. The van der Waals surface area contributed by atoms with Gasteiger partial charge in [-0.25, -0.2) is 4.39 Å². The highest BCUT2D eigenvalue weighted by atomic mass is 79.9. The summed E-state index contributed by atoms with van der Waals surface area (Å²) in [6.07, 6.45) is 0. The molecule has 0 aliphatic rings. The number of carbonyl (C=O) groups is 1. The number of hydrogen-bond donors (Lipinski definition) is 0. The number of nitrogens with zero attached hydrogens (tertiary/aromatic N) is 1. The third-order valence-corrected chi connectivity index (χ3v) is 4.82. The van der Waals surface area contributed by atoms with Crippen LogP contribution in [0.2, 0.25) is 0 Å². The summed E-state index contributed by atoms with van der Waals surface area (Å²) in [7, 11) is 1.57. The van der Waals surface area contributed by atoms with Gasteiger partial charge in [-0.15, -0.1) is 0 Å². The SMILES string of the molecule is COc1ccc(OCCBr)c(CN(C(C)=O)c2cc(F)ccc2Oc2ccccc2)c1. The molecule has 0 fully saturated rings. The Kier molecular flexibility index (Phi) is 7.89. The fourth-order valence-corrected chi connectivity index (χ4v) is 3.20. The molecule has 162 valence electrons. The van der Waals surface area contributed by atoms with Crippen LogP contribution in [-0.4, -0.2) is 25.0 Å². The summed E-state index contributed by atoms with van der Waals surface area (Å²) in [5.41, 5.74) is 1.05. The van der Waals surface area contributed by atoms with Crippen LogP contribution in [0.5, 0.6) is 23.0 Å². The lowest BCUT2D eigenvalue weighted by molar-refractivity contribution is -0.116. The number of alkyl halides is 1. The number of para-hydroxylation sites is 1. The topological polar surface area (TPSA) is 48.0 Å². The van der Waals surface area contributed by atoms with E-state index in [-0.39, 0.29) is 12.5 Å². The molecule has 0 saturated heterocycles. The van der Waals surface area contributed by atoms with Gasteiger partial charge < -0.3 is 19.1 Å². The minimum atomic E-state index is -0.469. The van der Waals surface area contributed by atoms with E-state index in [0.29, 0.717) is 40.6 Å². The highest BCUT2D eigenvalue weighted by Crippen LogP contribution is 2.35. The summed E-state index contributed by atoms with van der Waals surface area (Å²) < 4.78 is 31.3. The van der Waals surface area contributed by atoms with Crippen molar-refractivity contribution in [3.8, 4) is 23.0 Å². The molecule has 5 nitrogen and oxygen atoms in total. The van der Waals surface area contributed by atoms with Crippen LogP contribution in [0.15, 0.2) is 66.7 Å². The van der Waals surface area contributed by atoms with Crippen LogP contribution in [0.1, 0.15) is 12.5 Å². The van der Waals surface area contributed by atoms with Crippen LogP contribution in [0.3, 0.4) is 0 Å². The summed E-state index contributed by atoms with van der Waals surface area (Å²) in [4.78, 5) is 14.1. The molecule has 0 bridgehead atoms. The van der Waals surface area contributed by atoms with Crippen LogP contribution in [0.25, 0.3) is 0 Å². The maximum absolute atomic E-state index is 14.2. The van der Waals surface area contributed by atoms with Gasteiger partial charge in [-0.2, -0.15) is 0 Å². The Morgan fingerprint density at radius 1 is 1.00 bits per heavy atom. The summed E-state index contributed by atoms with van der Waals surface area (Å²) in [5, 5.41) is 0.661. The lowest BCUT2D eigenvalue weighted by atomic mass is 10.1. The molecule has 0 heterocycles. The first-order chi connectivity index (χ1) is 15.0. The Hall–Kier alpha value is -3.06. The van der Waals surface area contributed by atoms with Crippen molar-refractivity contribution < 1.29 is 23.4 Å². The van der Waals surface area contributed by atoms with Gasteiger partial charge >= 0.3 is 0 Å². The molecular formula is C24H23BrFNO4. The van der Waals surface area contributed by atoms with Gasteiger partial charge in [0.15, 0.2) is 5.75 Å². The quantitative estimate of drug-likeness (QED) is 0.349. The third kappa shape index (κ3) is 5.98. The highest BCUT2D eigenvalue weighted by Gasteiger charge is 2.21. The van der Waals surface area contributed by atoms with Gasteiger partial charge in [0.1, 0.15) is 23.1 Å². The average molecular weight is 488 g/mol. The van der Waals surface area contributed by atoms with Crippen molar-refractivity contribution in [3.63, 3.8) is 0 Å². The Morgan fingerprint density at radius 3 is 2.42 bits per heavy atom. The maximum atomic E-state index is 14.2. The fraction of sp³-hybridized carbons (Fsp3) is 0.208.